The van der Waals surface area contributed by atoms with E-state index in [1.807, 2.05) is 24.3 Å². The first-order valence-corrected chi connectivity index (χ1v) is 8.27. The zero-order chi connectivity index (χ0) is 16.7. The van der Waals surface area contributed by atoms with E-state index in [4.69, 9.17) is 11.5 Å². The lowest BCUT2D eigenvalue weighted by Gasteiger charge is -2.34. The highest BCUT2D eigenvalue weighted by Crippen LogP contribution is 2.29. The molecule has 0 saturated carbocycles. The number of aromatic amines is 1. The zero-order valence-corrected chi connectivity index (χ0v) is 13.7. The van der Waals surface area contributed by atoms with Crippen molar-refractivity contribution < 1.29 is 0 Å². The molecule has 7 nitrogen and oxygen atoms in total. The summed E-state index contributed by atoms with van der Waals surface area (Å²) in [5.74, 6) is 1.69. The summed E-state index contributed by atoms with van der Waals surface area (Å²) in [6, 6.07) is 8.41. The molecule has 5 N–H and O–H groups in total. The lowest BCUT2D eigenvalue weighted by molar-refractivity contribution is 0.481. The summed E-state index contributed by atoms with van der Waals surface area (Å²) in [6.07, 6.45) is 3.63. The van der Waals surface area contributed by atoms with Crippen molar-refractivity contribution in [2.45, 2.75) is 32.2 Å². The number of nitrogens with zero attached hydrogens (tertiary/aromatic N) is 4. The molecule has 1 fully saturated rings. The van der Waals surface area contributed by atoms with Crippen LogP contribution in [0.2, 0.25) is 0 Å². The molecule has 0 spiro atoms. The van der Waals surface area contributed by atoms with Gasteiger partial charge in [0.2, 0.25) is 5.95 Å². The van der Waals surface area contributed by atoms with Crippen LogP contribution in [-0.4, -0.2) is 32.8 Å². The first-order valence-electron chi connectivity index (χ1n) is 8.27. The van der Waals surface area contributed by atoms with Gasteiger partial charge < -0.3 is 16.4 Å². The monoisotopic (exact) mass is 323 g/mol. The van der Waals surface area contributed by atoms with Crippen LogP contribution in [-0.2, 0) is 0 Å². The van der Waals surface area contributed by atoms with Crippen molar-refractivity contribution in [1.29, 1.82) is 0 Å². The minimum absolute atomic E-state index is 0.296. The summed E-state index contributed by atoms with van der Waals surface area (Å²) in [6.45, 7) is 3.24. The maximum absolute atomic E-state index is 5.98. The number of hydrogen-bond acceptors (Lipinski definition) is 6. The standard InChI is InChI=1S/C17H21N7/c1-10-4-2-3-7-24(10)15-9-13(20-17(19)21-15)11-5-6-12-14(8-11)22-23-16(12)18/h5-6,8-10H,2-4,7H2,1H3,(H3,18,22,23)(H2,19,20,21)/t10-/m1/s1. The minimum Gasteiger partial charge on any atom is -0.382 e. The highest BCUT2D eigenvalue weighted by atomic mass is 15.2. The Morgan fingerprint density at radius 2 is 2.04 bits per heavy atom. The fourth-order valence-electron chi connectivity index (χ4n) is 3.39. The molecule has 0 aliphatic carbocycles. The van der Waals surface area contributed by atoms with Gasteiger partial charge in [-0.1, -0.05) is 6.07 Å². The number of nitrogens with two attached hydrogens (primary N) is 2. The second-order valence-corrected chi connectivity index (χ2v) is 6.38. The third kappa shape index (κ3) is 2.51. The number of anilines is 3. The molecule has 1 aliphatic rings. The first kappa shape index (κ1) is 14.7. The van der Waals surface area contributed by atoms with E-state index < -0.39 is 0 Å². The molecule has 1 atom stereocenters. The molecule has 1 aromatic carbocycles. The maximum atomic E-state index is 5.98. The molecular formula is C17H21N7. The molecule has 4 rings (SSSR count). The number of fused-ring (bicyclic) bond motifs is 1. The number of benzene rings is 1. The van der Waals surface area contributed by atoms with Crippen LogP contribution in [0.25, 0.3) is 22.2 Å². The van der Waals surface area contributed by atoms with E-state index in [-0.39, 0.29) is 0 Å². The summed E-state index contributed by atoms with van der Waals surface area (Å²) < 4.78 is 0. The predicted octanol–water partition coefficient (Wildman–Crippen LogP) is 2.56. The van der Waals surface area contributed by atoms with E-state index in [1.165, 1.54) is 19.3 Å². The Balaban J connectivity index is 1.76. The average Bonchev–Trinajstić information content (AvgIpc) is 2.95. The average molecular weight is 323 g/mol. The van der Waals surface area contributed by atoms with Crippen molar-refractivity contribution >= 4 is 28.5 Å². The van der Waals surface area contributed by atoms with E-state index in [2.05, 4.69) is 32.0 Å². The molecule has 7 heteroatoms. The van der Waals surface area contributed by atoms with Crippen LogP contribution in [0.3, 0.4) is 0 Å². The number of rotatable bonds is 2. The van der Waals surface area contributed by atoms with Crippen LogP contribution in [0.4, 0.5) is 17.6 Å². The summed E-state index contributed by atoms with van der Waals surface area (Å²) in [7, 11) is 0. The van der Waals surface area contributed by atoms with Gasteiger partial charge in [0.05, 0.1) is 11.2 Å². The SMILES string of the molecule is C[C@@H]1CCCCN1c1cc(-c2ccc3c(N)n[nH]c3c2)nc(N)n1. The number of aromatic nitrogens is 4. The molecule has 1 aliphatic heterocycles. The van der Waals surface area contributed by atoms with Crippen molar-refractivity contribution in [3.05, 3.63) is 24.3 Å². The fourth-order valence-corrected chi connectivity index (χ4v) is 3.39. The number of H-pyrrole nitrogens is 1. The molecule has 3 heterocycles. The molecule has 124 valence electrons. The van der Waals surface area contributed by atoms with Crippen LogP contribution >= 0.6 is 0 Å². The van der Waals surface area contributed by atoms with Crippen molar-refractivity contribution in [3.63, 3.8) is 0 Å². The van der Waals surface area contributed by atoms with Gasteiger partial charge in [0.1, 0.15) is 5.82 Å². The summed E-state index contributed by atoms with van der Waals surface area (Å²) in [5.41, 5.74) is 14.5. The Morgan fingerprint density at radius 1 is 1.17 bits per heavy atom. The van der Waals surface area contributed by atoms with Crippen molar-refractivity contribution in [2.24, 2.45) is 0 Å². The Hall–Kier alpha value is -2.83. The highest BCUT2D eigenvalue weighted by molar-refractivity contribution is 5.91. The van der Waals surface area contributed by atoms with Gasteiger partial charge in [-0.3, -0.25) is 5.10 Å². The molecule has 24 heavy (non-hydrogen) atoms. The van der Waals surface area contributed by atoms with E-state index in [0.29, 0.717) is 17.8 Å². The lowest BCUT2D eigenvalue weighted by Crippen LogP contribution is -2.38. The van der Waals surface area contributed by atoms with Gasteiger partial charge in [-0.15, -0.1) is 0 Å². The zero-order valence-electron chi connectivity index (χ0n) is 13.7. The quantitative estimate of drug-likeness (QED) is 0.668. The van der Waals surface area contributed by atoms with Gasteiger partial charge in [-0.25, -0.2) is 4.98 Å². The number of nitrogen functional groups attached to an aromatic ring is 2. The van der Waals surface area contributed by atoms with Crippen LogP contribution in [0, 0.1) is 0 Å². The number of piperidine rings is 1. The number of nitrogens with one attached hydrogen (secondary N) is 1. The van der Waals surface area contributed by atoms with Gasteiger partial charge >= 0.3 is 0 Å². The second kappa shape index (κ2) is 5.67. The van der Waals surface area contributed by atoms with Gasteiger partial charge in [0.15, 0.2) is 5.82 Å². The smallest absolute Gasteiger partial charge is 0.222 e. The molecule has 0 unspecified atom stereocenters. The Kier molecular flexibility index (Phi) is 3.48. The summed E-state index contributed by atoms with van der Waals surface area (Å²) >= 11 is 0. The maximum Gasteiger partial charge on any atom is 0.222 e. The van der Waals surface area contributed by atoms with Gasteiger partial charge in [-0.05, 0) is 38.3 Å². The van der Waals surface area contributed by atoms with Crippen LogP contribution in [0.5, 0.6) is 0 Å². The summed E-state index contributed by atoms with van der Waals surface area (Å²) in [5, 5.41) is 7.88. The van der Waals surface area contributed by atoms with Crippen LogP contribution in [0.15, 0.2) is 24.3 Å². The largest absolute Gasteiger partial charge is 0.382 e. The van der Waals surface area contributed by atoms with Crippen molar-refractivity contribution in [1.82, 2.24) is 20.2 Å². The van der Waals surface area contributed by atoms with Crippen LogP contribution in [0.1, 0.15) is 26.2 Å². The molecule has 0 bridgehead atoms. The van der Waals surface area contributed by atoms with Gasteiger partial charge in [0, 0.05) is 29.6 Å². The molecule has 0 radical (unpaired) electrons. The first-order chi connectivity index (χ1) is 11.6. The van der Waals surface area contributed by atoms with Gasteiger partial charge in [0.25, 0.3) is 0 Å². The molecular weight excluding hydrogens is 302 g/mol. The normalized spacial score (nSPS) is 18.2. The third-order valence-corrected chi connectivity index (χ3v) is 4.72. The van der Waals surface area contributed by atoms with Crippen molar-refractivity contribution in [2.75, 3.05) is 22.9 Å². The van der Waals surface area contributed by atoms with E-state index in [9.17, 15) is 0 Å². The van der Waals surface area contributed by atoms with Crippen molar-refractivity contribution in [3.8, 4) is 11.3 Å². The second-order valence-electron chi connectivity index (χ2n) is 6.38. The van der Waals surface area contributed by atoms with Crippen LogP contribution < -0.4 is 16.4 Å². The lowest BCUT2D eigenvalue weighted by atomic mass is 10.0. The highest BCUT2D eigenvalue weighted by Gasteiger charge is 2.21. The number of hydrogen-bond donors (Lipinski definition) is 3. The summed E-state index contributed by atoms with van der Waals surface area (Å²) in [4.78, 5) is 11.2. The molecule has 1 saturated heterocycles. The third-order valence-electron chi connectivity index (χ3n) is 4.72. The fraction of sp³-hybridized carbons (Fsp3) is 0.353. The molecule has 3 aromatic rings. The predicted molar refractivity (Wildman–Crippen MR) is 96.6 cm³/mol. The van der Waals surface area contributed by atoms with E-state index >= 15 is 0 Å². The topological polar surface area (TPSA) is 110 Å². The molecule has 0 amide bonds. The van der Waals surface area contributed by atoms with Gasteiger partial charge in [-0.2, -0.15) is 10.1 Å². The Morgan fingerprint density at radius 3 is 2.88 bits per heavy atom. The minimum atomic E-state index is 0.296. The molecule has 2 aromatic heterocycles. The van der Waals surface area contributed by atoms with E-state index in [1.54, 1.807) is 0 Å². The van der Waals surface area contributed by atoms with E-state index in [0.717, 1.165) is 34.5 Å². The Labute approximate surface area is 140 Å². The Bertz CT molecular complexity index is 886.